The number of para-hydroxylation sites is 2. The number of methoxy groups -OCH3 is 1. The van der Waals surface area contributed by atoms with Crippen LogP contribution in [0.4, 0.5) is 10.5 Å². The summed E-state index contributed by atoms with van der Waals surface area (Å²) in [5.41, 5.74) is 2.79. The highest BCUT2D eigenvalue weighted by atomic mass is 16.5. The highest BCUT2D eigenvalue weighted by Crippen LogP contribution is 2.24. The molecule has 1 fully saturated rings. The predicted octanol–water partition coefficient (Wildman–Crippen LogP) is 4.04. The van der Waals surface area contributed by atoms with Gasteiger partial charge in [-0.1, -0.05) is 54.6 Å². The maximum Gasteiger partial charge on any atom is 0.329 e. The highest BCUT2D eigenvalue weighted by Gasteiger charge is 2.33. The molecule has 2 N–H and O–H groups in total. The van der Waals surface area contributed by atoms with Gasteiger partial charge in [0.15, 0.2) is 0 Å². The van der Waals surface area contributed by atoms with Crippen molar-refractivity contribution in [2.75, 3.05) is 12.4 Å². The van der Waals surface area contributed by atoms with Gasteiger partial charge < -0.3 is 15.4 Å². The molecule has 7 nitrogen and oxygen atoms in total. The fraction of sp³-hybridized carbons (Fsp3) is 0.0800. The molecule has 1 heterocycles. The SMILES string of the molecule is COc1ccccc1NC(=O)c1ccc(CN2C(=O)N/C(=C\c3ccccc3)C2=O)cc1. The van der Waals surface area contributed by atoms with Crippen molar-refractivity contribution in [3.63, 3.8) is 0 Å². The summed E-state index contributed by atoms with van der Waals surface area (Å²) in [5, 5.41) is 5.43. The number of carbonyl (C=O) groups is 3. The van der Waals surface area contributed by atoms with Crippen LogP contribution in [-0.2, 0) is 11.3 Å². The number of urea groups is 1. The van der Waals surface area contributed by atoms with Crippen molar-refractivity contribution in [2.24, 2.45) is 0 Å². The standard InChI is InChI=1S/C25H21N3O4/c1-32-22-10-6-5-9-20(22)26-23(29)19-13-11-18(12-14-19)16-28-24(30)21(27-25(28)31)15-17-7-3-2-4-8-17/h2-15H,16H2,1H3,(H,26,29)(H,27,31)/b21-15-. The number of rotatable bonds is 6. The van der Waals surface area contributed by atoms with E-state index in [9.17, 15) is 14.4 Å². The summed E-state index contributed by atoms with van der Waals surface area (Å²) in [6.07, 6.45) is 1.64. The van der Waals surface area contributed by atoms with Gasteiger partial charge in [-0.15, -0.1) is 0 Å². The average Bonchev–Trinajstić information content (AvgIpc) is 3.08. The average molecular weight is 427 g/mol. The van der Waals surface area contributed by atoms with Crippen LogP contribution in [0.5, 0.6) is 5.75 Å². The Balaban J connectivity index is 1.43. The first-order valence-corrected chi connectivity index (χ1v) is 9.98. The van der Waals surface area contributed by atoms with Crippen molar-refractivity contribution in [1.82, 2.24) is 10.2 Å². The predicted molar refractivity (Wildman–Crippen MR) is 121 cm³/mol. The van der Waals surface area contributed by atoms with Gasteiger partial charge in [0, 0.05) is 5.56 Å². The third-order valence-corrected chi connectivity index (χ3v) is 4.98. The lowest BCUT2D eigenvalue weighted by Crippen LogP contribution is -2.30. The van der Waals surface area contributed by atoms with E-state index >= 15 is 0 Å². The minimum absolute atomic E-state index is 0.102. The Bertz CT molecular complexity index is 1190. The van der Waals surface area contributed by atoms with Gasteiger partial charge in [0.25, 0.3) is 11.8 Å². The minimum Gasteiger partial charge on any atom is -0.495 e. The second-order valence-electron chi connectivity index (χ2n) is 7.14. The molecular weight excluding hydrogens is 406 g/mol. The number of hydrogen-bond acceptors (Lipinski definition) is 4. The summed E-state index contributed by atoms with van der Waals surface area (Å²) < 4.78 is 5.25. The zero-order valence-corrected chi connectivity index (χ0v) is 17.4. The Kier molecular flexibility index (Phi) is 5.98. The Hall–Kier alpha value is -4.39. The van der Waals surface area contributed by atoms with Gasteiger partial charge in [0.1, 0.15) is 11.4 Å². The summed E-state index contributed by atoms with van der Waals surface area (Å²) in [4.78, 5) is 38.7. The number of carbonyl (C=O) groups excluding carboxylic acids is 3. The molecule has 0 radical (unpaired) electrons. The number of nitrogens with one attached hydrogen (secondary N) is 2. The van der Waals surface area contributed by atoms with E-state index in [2.05, 4.69) is 10.6 Å². The Morgan fingerprint density at radius 2 is 1.66 bits per heavy atom. The van der Waals surface area contributed by atoms with Crippen LogP contribution in [0.1, 0.15) is 21.5 Å². The quantitative estimate of drug-likeness (QED) is 0.459. The van der Waals surface area contributed by atoms with E-state index in [1.165, 1.54) is 7.11 Å². The van der Waals surface area contributed by atoms with Crippen LogP contribution in [0, 0.1) is 0 Å². The van der Waals surface area contributed by atoms with E-state index in [1.54, 1.807) is 48.5 Å². The normalized spacial score (nSPS) is 14.4. The molecule has 0 spiro atoms. The van der Waals surface area contributed by atoms with Gasteiger partial charge >= 0.3 is 6.03 Å². The van der Waals surface area contributed by atoms with Crippen LogP contribution in [-0.4, -0.2) is 29.9 Å². The molecule has 0 bridgehead atoms. The van der Waals surface area contributed by atoms with Crippen molar-refractivity contribution in [3.8, 4) is 5.75 Å². The molecule has 7 heteroatoms. The number of hydrogen-bond donors (Lipinski definition) is 2. The van der Waals surface area contributed by atoms with E-state index in [1.807, 2.05) is 36.4 Å². The van der Waals surface area contributed by atoms with Gasteiger partial charge in [0.05, 0.1) is 19.3 Å². The van der Waals surface area contributed by atoms with Crippen molar-refractivity contribution < 1.29 is 19.1 Å². The fourth-order valence-electron chi connectivity index (χ4n) is 3.32. The number of imide groups is 1. The van der Waals surface area contributed by atoms with Crippen LogP contribution >= 0.6 is 0 Å². The van der Waals surface area contributed by atoms with E-state index in [-0.39, 0.29) is 18.1 Å². The van der Waals surface area contributed by atoms with E-state index in [0.717, 1.165) is 16.0 Å². The molecule has 32 heavy (non-hydrogen) atoms. The molecule has 0 unspecified atom stereocenters. The second kappa shape index (κ2) is 9.18. The topological polar surface area (TPSA) is 87.7 Å². The first-order chi connectivity index (χ1) is 15.5. The van der Waals surface area contributed by atoms with Crippen LogP contribution in [0.15, 0.2) is 84.6 Å². The molecule has 1 aliphatic heterocycles. The molecule has 4 rings (SSSR count). The van der Waals surface area contributed by atoms with Crippen LogP contribution < -0.4 is 15.4 Å². The summed E-state index contributed by atoms with van der Waals surface area (Å²) >= 11 is 0. The van der Waals surface area contributed by atoms with E-state index in [0.29, 0.717) is 17.0 Å². The number of benzene rings is 3. The lowest BCUT2D eigenvalue weighted by atomic mass is 10.1. The summed E-state index contributed by atoms with van der Waals surface area (Å²) in [7, 11) is 1.54. The molecule has 1 aliphatic rings. The third-order valence-electron chi connectivity index (χ3n) is 4.98. The monoisotopic (exact) mass is 427 g/mol. The first-order valence-electron chi connectivity index (χ1n) is 9.98. The molecule has 0 aliphatic carbocycles. The zero-order valence-electron chi connectivity index (χ0n) is 17.4. The maximum atomic E-state index is 12.7. The summed E-state index contributed by atoms with van der Waals surface area (Å²) in [6, 6.07) is 22.7. The van der Waals surface area contributed by atoms with E-state index in [4.69, 9.17) is 4.74 Å². The fourth-order valence-corrected chi connectivity index (χ4v) is 3.32. The molecule has 4 amide bonds. The van der Waals surface area contributed by atoms with Crippen molar-refractivity contribution in [2.45, 2.75) is 6.54 Å². The molecular formula is C25H21N3O4. The molecule has 160 valence electrons. The Labute approximate surface area is 185 Å². The molecule has 3 aromatic carbocycles. The van der Waals surface area contributed by atoms with Crippen LogP contribution in [0.25, 0.3) is 6.08 Å². The second-order valence-corrected chi connectivity index (χ2v) is 7.14. The molecule has 1 saturated heterocycles. The highest BCUT2D eigenvalue weighted by molar-refractivity contribution is 6.14. The largest absolute Gasteiger partial charge is 0.495 e. The molecule has 0 atom stereocenters. The number of amides is 4. The lowest BCUT2D eigenvalue weighted by molar-refractivity contribution is -0.123. The van der Waals surface area contributed by atoms with Gasteiger partial charge in [-0.3, -0.25) is 14.5 Å². The third kappa shape index (κ3) is 4.52. The summed E-state index contributed by atoms with van der Waals surface area (Å²) in [5.74, 6) is -0.114. The molecule has 0 saturated carbocycles. The van der Waals surface area contributed by atoms with Crippen molar-refractivity contribution in [3.05, 3.63) is 101 Å². The molecule has 3 aromatic rings. The molecule has 0 aromatic heterocycles. The van der Waals surface area contributed by atoms with Gasteiger partial charge in [-0.25, -0.2) is 4.79 Å². The smallest absolute Gasteiger partial charge is 0.329 e. The van der Waals surface area contributed by atoms with Gasteiger partial charge in [-0.2, -0.15) is 0 Å². The Morgan fingerprint density at radius 1 is 0.969 bits per heavy atom. The number of ether oxygens (including phenoxy) is 1. The van der Waals surface area contributed by atoms with Crippen molar-refractivity contribution in [1.29, 1.82) is 0 Å². The maximum absolute atomic E-state index is 12.7. The zero-order chi connectivity index (χ0) is 22.5. The lowest BCUT2D eigenvalue weighted by Gasteiger charge is -2.13. The number of nitrogens with zero attached hydrogens (tertiary/aromatic N) is 1. The van der Waals surface area contributed by atoms with Crippen LogP contribution in [0.3, 0.4) is 0 Å². The van der Waals surface area contributed by atoms with Crippen molar-refractivity contribution >= 4 is 29.6 Å². The first kappa shape index (κ1) is 20.9. The van der Waals surface area contributed by atoms with Gasteiger partial charge in [0.2, 0.25) is 0 Å². The number of anilines is 1. The van der Waals surface area contributed by atoms with Gasteiger partial charge in [-0.05, 0) is 41.5 Å². The minimum atomic E-state index is -0.477. The van der Waals surface area contributed by atoms with Crippen LogP contribution in [0.2, 0.25) is 0 Å². The summed E-state index contributed by atoms with van der Waals surface area (Å²) in [6.45, 7) is 0.102. The Morgan fingerprint density at radius 3 is 2.38 bits per heavy atom. The van der Waals surface area contributed by atoms with E-state index < -0.39 is 11.9 Å².